The Bertz CT molecular complexity index is 596. The van der Waals surface area contributed by atoms with Crippen molar-refractivity contribution in [2.75, 3.05) is 13.1 Å². The fraction of sp³-hybridized carbons (Fsp3) is 0.500. The van der Waals surface area contributed by atoms with Crippen molar-refractivity contribution >= 4 is 10.9 Å². The minimum Gasteiger partial charge on any atom is -0.329 e. The third kappa shape index (κ3) is 3.25. The topological polar surface area (TPSA) is 42.2 Å². The van der Waals surface area contributed by atoms with Gasteiger partial charge >= 0.3 is 0 Å². The lowest BCUT2D eigenvalue weighted by atomic mass is 9.89. The molecule has 3 rings (SSSR count). The highest BCUT2D eigenvalue weighted by atomic mass is 15.2. The molecule has 0 bridgehead atoms. The standard InChI is InChI=1S/C18H25N3/c1-2-14-9-10-21(17(11-14)12-19)13-16-8-7-15-5-3-4-6-18(15)20-16/h3-8,14,17H,2,9-13,19H2,1H3. The molecule has 3 nitrogen and oxygen atoms in total. The van der Waals surface area contributed by atoms with Crippen LogP contribution in [0.4, 0.5) is 0 Å². The smallest absolute Gasteiger partial charge is 0.0705 e. The number of hydrogen-bond acceptors (Lipinski definition) is 3. The van der Waals surface area contributed by atoms with Crippen LogP contribution in [-0.4, -0.2) is 29.0 Å². The summed E-state index contributed by atoms with van der Waals surface area (Å²) in [6, 6.07) is 13.1. The van der Waals surface area contributed by atoms with Crippen molar-refractivity contribution in [3.05, 3.63) is 42.1 Å². The second-order valence-corrected chi connectivity index (χ2v) is 6.15. The second kappa shape index (κ2) is 6.54. The summed E-state index contributed by atoms with van der Waals surface area (Å²) in [5, 5.41) is 1.21. The van der Waals surface area contributed by atoms with E-state index in [2.05, 4.69) is 48.2 Å². The molecule has 112 valence electrons. The van der Waals surface area contributed by atoms with Gasteiger partial charge in [-0.15, -0.1) is 0 Å². The van der Waals surface area contributed by atoms with E-state index in [0.29, 0.717) is 6.04 Å². The molecule has 0 amide bonds. The van der Waals surface area contributed by atoms with Crippen molar-refractivity contribution in [3.63, 3.8) is 0 Å². The Morgan fingerprint density at radius 2 is 2.10 bits per heavy atom. The van der Waals surface area contributed by atoms with Gasteiger partial charge in [0.15, 0.2) is 0 Å². The van der Waals surface area contributed by atoms with Gasteiger partial charge in [0.05, 0.1) is 11.2 Å². The number of aromatic nitrogens is 1. The zero-order chi connectivity index (χ0) is 14.7. The minimum absolute atomic E-state index is 0.511. The predicted octanol–water partition coefficient (Wildman–Crippen LogP) is 3.18. The summed E-state index contributed by atoms with van der Waals surface area (Å²) in [7, 11) is 0. The average molecular weight is 283 g/mol. The number of hydrogen-bond donors (Lipinski definition) is 1. The average Bonchev–Trinajstić information content (AvgIpc) is 2.55. The normalized spacial score (nSPS) is 23.5. The molecule has 1 saturated heterocycles. The lowest BCUT2D eigenvalue weighted by molar-refractivity contribution is 0.106. The van der Waals surface area contributed by atoms with Crippen molar-refractivity contribution in [1.82, 2.24) is 9.88 Å². The summed E-state index contributed by atoms with van der Waals surface area (Å²) in [5.74, 6) is 0.847. The van der Waals surface area contributed by atoms with Crippen molar-refractivity contribution in [2.24, 2.45) is 11.7 Å². The molecule has 3 heteroatoms. The van der Waals surface area contributed by atoms with E-state index in [1.54, 1.807) is 0 Å². The highest BCUT2D eigenvalue weighted by Gasteiger charge is 2.26. The number of benzene rings is 1. The van der Waals surface area contributed by atoms with E-state index < -0.39 is 0 Å². The van der Waals surface area contributed by atoms with E-state index in [-0.39, 0.29) is 0 Å². The third-order valence-electron chi connectivity index (χ3n) is 4.82. The molecule has 1 aromatic heterocycles. The molecule has 0 saturated carbocycles. The molecular formula is C18H25N3. The van der Waals surface area contributed by atoms with Gasteiger partial charge in [-0.2, -0.15) is 0 Å². The Kier molecular flexibility index (Phi) is 4.51. The lowest BCUT2D eigenvalue weighted by Crippen LogP contribution is -2.46. The first-order chi connectivity index (χ1) is 10.3. The highest BCUT2D eigenvalue weighted by molar-refractivity contribution is 5.78. The molecule has 2 aromatic rings. The number of rotatable bonds is 4. The van der Waals surface area contributed by atoms with E-state index >= 15 is 0 Å². The number of para-hydroxylation sites is 1. The van der Waals surface area contributed by atoms with Gasteiger partial charge in [0.2, 0.25) is 0 Å². The number of likely N-dealkylation sites (tertiary alicyclic amines) is 1. The number of nitrogens with two attached hydrogens (primary N) is 1. The second-order valence-electron chi connectivity index (χ2n) is 6.15. The molecule has 1 aliphatic rings. The molecule has 1 fully saturated rings. The maximum Gasteiger partial charge on any atom is 0.0705 e. The first-order valence-corrected chi connectivity index (χ1v) is 8.09. The Balaban J connectivity index is 1.74. The van der Waals surface area contributed by atoms with Crippen molar-refractivity contribution in [2.45, 2.75) is 38.8 Å². The quantitative estimate of drug-likeness (QED) is 0.937. The molecule has 0 spiro atoms. The van der Waals surface area contributed by atoms with Gasteiger partial charge in [-0.25, -0.2) is 0 Å². The molecular weight excluding hydrogens is 258 g/mol. The summed E-state index contributed by atoms with van der Waals surface area (Å²) < 4.78 is 0. The molecule has 0 radical (unpaired) electrons. The summed E-state index contributed by atoms with van der Waals surface area (Å²) in [6.45, 7) is 5.11. The van der Waals surface area contributed by atoms with Gasteiger partial charge < -0.3 is 5.73 Å². The molecule has 1 aromatic carbocycles. The van der Waals surface area contributed by atoms with Gasteiger partial charge in [0, 0.05) is 24.5 Å². The lowest BCUT2D eigenvalue weighted by Gasteiger charge is -2.38. The van der Waals surface area contributed by atoms with Crippen LogP contribution in [0.2, 0.25) is 0 Å². The van der Waals surface area contributed by atoms with E-state index in [1.165, 1.54) is 24.6 Å². The highest BCUT2D eigenvalue weighted by Crippen LogP contribution is 2.26. The minimum atomic E-state index is 0.511. The van der Waals surface area contributed by atoms with Crippen LogP contribution < -0.4 is 5.73 Å². The number of pyridine rings is 1. The molecule has 2 atom stereocenters. The number of piperidine rings is 1. The summed E-state index contributed by atoms with van der Waals surface area (Å²) in [5.41, 5.74) is 8.23. The Hall–Kier alpha value is -1.45. The van der Waals surface area contributed by atoms with Crippen LogP contribution in [-0.2, 0) is 6.54 Å². The van der Waals surface area contributed by atoms with Crippen LogP contribution in [0.3, 0.4) is 0 Å². The van der Waals surface area contributed by atoms with Crippen molar-refractivity contribution in [3.8, 4) is 0 Å². The van der Waals surface area contributed by atoms with E-state index in [1.807, 2.05) is 0 Å². The van der Waals surface area contributed by atoms with Gasteiger partial charge in [-0.05, 0) is 37.4 Å². The molecule has 21 heavy (non-hydrogen) atoms. The first kappa shape index (κ1) is 14.5. The van der Waals surface area contributed by atoms with Crippen LogP contribution >= 0.6 is 0 Å². The zero-order valence-electron chi connectivity index (χ0n) is 12.8. The van der Waals surface area contributed by atoms with Crippen molar-refractivity contribution < 1.29 is 0 Å². The van der Waals surface area contributed by atoms with Crippen LogP contribution in [0.15, 0.2) is 36.4 Å². The molecule has 2 heterocycles. The van der Waals surface area contributed by atoms with E-state index in [9.17, 15) is 0 Å². The number of nitrogens with zero attached hydrogens (tertiary/aromatic N) is 2. The van der Waals surface area contributed by atoms with Gasteiger partial charge in [0.25, 0.3) is 0 Å². The Morgan fingerprint density at radius 1 is 1.24 bits per heavy atom. The van der Waals surface area contributed by atoms with Crippen LogP contribution in [0, 0.1) is 5.92 Å². The number of fused-ring (bicyclic) bond motifs is 1. The monoisotopic (exact) mass is 283 g/mol. The van der Waals surface area contributed by atoms with Crippen LogP contribution in [0.5, 0.6) is 0 Å². The van der Waals surface area contributed by atoms with Gasteiger partial charge in [-0.3, -0.25) is 9.88 Å². The van der Waals surface area contributed by atoms with E-state index in [0.717, 1.165) is 36.8 Å². The van der Waals surface area contributed by atoms with E-state index in [4.69, 9.17) is 10.7 Å². The fourth-order valence-electron chi connectivity index (χ4n) is 3.41. The third-order valence-corrected chi connectivity index (χ3v) is 4.82. The fourth-order valence-corrected chi connectivity index (χ4v) is 3.41. The molecule has 1 aliphatic heterocycles. The summed E-state index contributed by atoms with van der Waals surface area (Å²) in [6.07, 6.45) is 3.81. The maximum absolute atomic E-state index is 5.99. The molecule has 2 unspecified atom stereocenters. The predicted molar refractivity (Wildman–Crippen MR) is 88.0 cm³/mol. The summed E-state index contributed by atoms with van der Waals surface area (Å²) >= 11 is 0. The van der Waals surface area contributed by atoms with Crippen molar-refractivity contribution in [1.29, 1.82) is 0 Å². The van der Waals surface area contributed by atoms with Gasteiger partial charge in [-0.1, -0.05) is 37.6 Å². The Morgan fingerprint density at radius 3 is 2.90 bits per heavy atom. The molecule has 0 aliphatic carbocycles. The summed E-state index contributed by atoms with van der Waals surface area (Å²) in [4.78, 5) is 7.31. The first-order valence-electron chi connectivity index (χ1n) is 8.09. The SMILES string of the molecule is CCC1CCN(Cc2ccc3ccccc3n2)C(CN)C1. The largest absolute Gasteiger partial charge is 0.329 e. The zero-order valence-corrected chi connectivity index (χ0v) is 12.8. The maximum atomic E-state index is 5.99. The van der Waals surface area contributed by atoms with Gasteiger partial charge in [0.1, 0.15) is 0 Å². The van der Waals surface area contributed by atoms with Crippen LogP contribution in [0.25, 0.3) is 10.9 Å². The molecule has 2 N–H and O–H groups in total. The van der Waals surface area contributed by atoms with Crippen LogP contribution in [0.1, 0.15) is 31.9 Å². The Labute approximate surface area is 127 Å².